The number of aromatic nitrogens is 3. The van der Waals surface area contributed by atoms with Gasteiger partial charge in [-0.2, -0.15) is 5.10 Å². The number of ether oxygens (including phenoxy) is 2. The summed E-state index contributed by atoms with van der Waals surface area (Å²) in [5.74, 6) is 0.197. The van der Waals surface area contributed by atoms with Gasteiger partial charge in [-0.25, -0.2) is 19.0 Å². The van der Waals surface area contributed by atoms with Crippen molar-refractivity contribution in [1.82, 2.24) is 25.0 Å². The van der Waals surface area contributed by atoms with Crippen LogP contribution in [0.3, 0.4) is 0 Å². The zero-order valence-corrected chi connectivity index (χ0v) is 23.4. The van der Waals surface area contributed by atoms with Crippen molar-refractivity contribution in [3.05, 3.63) is 52.4 Å². The van der Waals surface area contributed by atoms with Crippen LogP contribution in [0.4, 0.5) is 4.79 Å². The van der Waals surface area contributed by atoms with Gasteiger partial charge in [-0.1, -0.05) is 12.1 Å². The second-order valence-electron chi connectivity index (χ2n) is 9.41. The summed E-state index contributed by atoms with van der Waals surface area (Å²) >= 11 is 3.40. The predicted octanol–water partition coefficient (Wildman–Crippen LogP) is 3.51. The standard InChI is InChI=1S/C24H27BrN5O8P/c1-2-36-23(32)29-8-6-24(7-9-29)11-18(17-10-20(25)26-12-19(17)38-24)27-22(31)16-5-3-4-15-13-30(28-21(15)16)14-37-39(33,34)35/h3-5,10,12-13,18H,2,6-9,11,14H2,1H3,(H,27,31)(H2,33,34,35)/t18-/m0/s1. The van der Waals surface area contributed by atoms with Gasteiger partial charge < -0.3 is 29.5 Å². The molecule has 2 aliphatic heterocycles. The quantitative estimate of drug-likeness (QED) is 0.273. The van der Waals surface area contributed by atoms with E-state index in [4.69, 9.17) is 19.3 Å². The van der Waals surface area contributed by atoms with Gasteiger partial charge in [0.25, 0.3) is 5.91 Å². The first-order valence-corrected chi connectivity index (χ1v) is 14.6. The summed E-state index contributed by atoms with van der Waals surface area (Å²) in [6, 6.07) is 6.49. The Balaban J connectivity index is 1.38. The summed E-state index contributed by atoms with van der Waals surface area (Å²) in [5, 5.41) is 8.04. The maximum Gasteiger partial charge on any atom is 0.471 e. The van der Waals surface area contributed by atoms with Crippen LogP contribution in [0.1, 0.15) is 48.1 Å². The van der Waals surface area contributed by atoms with Gasteiger partial charge in [-0.15, -0.1) is 0 Å². The van der Waals surface area contributed by atoms with Crippen molar-refractivity contribution in [2.45, 2.75) is 44.6 Å². The maximum atomic E-state index is 13.6. The average molecular weight is 624 g/mol. The Kier molecular flexibility index (Phi) is 7.66. The minimum Gasteiger partial charge on any atom is -0.485 e. The number of amides is 2. The first-order chi connectivity index (χ1) is 18.6. The molecular formula is C24H27BrN5O8P. The summed E-state index contributed by atoms with van der Waals surface area (Å²) in [7, 11) is -4.68. The van der Waals surface area contributed by atoms with Crippen molar-refractivity contribution < 1.29 is 37.9 Å². The Morgan fingerprint density at radius 1 is 1.31 bits per heavy atom. The highest BCUT2D eigenvalue weighted by Gasteiger charge is 2.45. The van der Waals surface area contributed by atoms with Crippen LogP contribution in [0.15, 0.2) is 41.3 Å². The molecule has 39 heavy (non-hydrogen) atoms. The molecule has 0 unspecified atom stereocenters. The monoisotopic (exact) mass is 623 g/mol. The van der Waals surface area contributed by atoms with E-state index in [0.717, 1.165) is 5.56 Å². The van der Waals surface area contributed by atoms with Crippen LogP contribution in [0.2, 0.25) is 0 Å². The summed E-state index contributed by atoms with van der Waals surface area (Å²) in [6.45, 7) is 2.53. The van der Waals surface area contributed by atoms with E-state index in [1.165, 1.54) is 4.68 Å². The molecule has 5 rings (SSSR count). The summed E-state index contributed by atoms with van der Waals surface area (Å²) < 4.78 is 29.0. The van der Waals surface area contributed by atoms with Crippen LogP contribution in [-0.2, 0) is 20.6 Å². The highest BCUT2D eigenvalue weighted by atomic mass is 79.9. The Labute approximate surface area is 231 Å². The van der Waals surface area contributed by atoms with Crippen LogP contribution in [-0.4, -0.2) is 66.7 Å². The topological polar surface area (TPSA) is 165 Å². The Bertz CT molecular complexity index is 1450. The number of hydrogen-bond acceptors (Lipinski definition) is 8. The van der Waals surface area contributed by atoms with E-state index in [9.17, 15) is 14.2 Å². The zero-order valence-electron chi connectivity index (χ0n) is 20.9. The molecule has 2 aliphatic rings. The number of pyridine rings is 1. The molecule has 1 aromatic carbocycles. The largest absolute Gasteiger partial charge is 0.485 e. The van der Waals surface area contributed by atoms with Crippen molar-refractivity contribution in [2.24, 2.45) is 0 Å². The Morgan fingerprint density at radius 3 is 2.79 bits per heavy atom. The van der Waals surface area contributed by atoms with Gasteiger partial charge >= 0.3 is 13.9 Å². The second kappa shape index (κ2) is 10.9. The van der Waals surface area contributed by atoms with Gasteiger partial charge in [0.05, 0.1) is 24.4 Å². The zero-order chi connectivity index (χ0) is 27.8. The number of hydrogen-bond donors (Lipinski definition) is 3. The van der Waals surface area contributed by atoms with E-state index in [2.05, 4.69) is 35.9 Å². The number of fused-ring (bicyclic) bond motifs is 2. The van der Waals surface area contributed by atoms with Gasteiger partial charge in [0.2, 0.25) is 0 Å². The van der Waals surface area contributed by atoms with E-state index < -0.39 is 26.2 Å². The number of carbonyl (C=O) groups is 2. The number of benzene rings is 1. The first-order valence-electron chi connectivity index (χ1n) is 12.3. The smallest absolute Gasteiger partial charge is 0.471 e. The lowest BCUT2D eigenvalue weighted by atomic mass is 9.81. The lowest BCUT2D eigenvalue weighted by molar-refractivity contribution is -0.0236. The molecule has 1 atom stereocenters. The molecular weight excluding hydrogens is 597 g/mol. The number of nitrogens with zero attached hydrogens (tertiary/aromatic N) is 4. The molecule has 208 valence electrons. The van der Waals surface area contributed by atoms with Crippen molar-refractivity contribution in [2.75, 3.05) is 19.7 Å². The SMILES string of the molecule is CCOC(=O)N1CCC2(CC1)C[C@H](NC(=O)c1cccc3cn(COP(=O)(O)O)nc13)c1cc(Br)ncc1O2. The van der Waals surface area contributed by atoms with Gasteiger partial charge in [-0.05, 0) is 35.0 Å². The Hall–Kier alpha value is -3.03. The molecule has 2 aromatic heterocycles. The molecule has 0 radical (unpaired) electrons. The van der Waals surface area contributed by atoms with Crippen LogP contribution in [0.25, 0.3) is 10.9 Å². The van der Waals surface area contributed by atoms with Crippen molar-refractivity contribution in [1.29, 1.82) is 0 Å². The third kappa shape index (κ3) is 6.10. The fourth-order valence-corrected chi connectivity index (χ4v) is 5.63. The van der Waals surface area contributed by atoms with Crippen LogP contribution in [0.5, 0.6) is 5.75 Å². The highest BCUT2D eigenvalue weighted by Crippen LogP contribution is 2.45. The summed E-state index contributed by atoms with van der Waals surface area (Å²) in [6.07, 6.45) is 4.43. The molecule has 0 bridgehead atoms. The third-order valence-corrected chi connectivity index (χ3v) is 7.72. The number of likely N-dealkylation sites (tertiary alicyclic amines) is 1. The van der Waals surface area contributed by atoms with Gasteiger partial charge in [-0.3, -0.25) is 9.32 Å². The summed E-state index contributed by atoms with van der Waals surface area (Å²) in [4.78, 5) is 49.7. The van der Waals surface area contributed by atoms with Crippen molar-refractivity contribution in [3.8, 4) is 5.75 Å². The first kappa shape index (κ1) is 27.5. The molecule has 1 saturated heterocycles. The maximum absolute atomic E-state index is 13.6. The van der Waals surface area contributed by atoms with Gasteiger partial charge in [0.15, 0.2) is 6.73 Å². The minimum atomic E-state index is -4.68. The molecule has 13 nitrogen and oxygen atoms in total. The molecule has 3 N–H and O–H groups in total. The van der Waals surface area contributed by atoms with Crippen LogP contribution >= 0.6 is 23.8 Å². The van der Waals surface area contributed by atoms with E-state index in [0.29, 0.717) is 65.8 Å². The molecule has 0 saturated carbocycles. The van der Waals surface area contributed by atoms with Gasteiger partial charge in [0.1, 0.15) is 21.5 Å². The second-order valence-corrected chi connectivity index (χ2v) is 11.5. The third-order valence-electron chi connectivity index (χ3n) is 6.83. The summed E-state index contributed by atoms with van der Waals surface area (Å²) in [5.41, 5.74) is 0.841. The molecule has 15 heteroatoms. The highest BCUT2D eigenvalue weighted by molar-refractivity contribution is 9.10. The van der Waals surface area contributed by atoms with E-state index >= 15 is 0 Å². The minimum absolute atomic E-state index is 0.301. The van der Waals surface area contributed by atoms with Crippen molar-refractivity contribution in [3.63, 3.8) is 0 Å². The fourth-order valence-electron chi connectivity index (χ4n) is 5.01. The number of rotatable bonds is 6. The predicted molar refractivity (Wildman–Crippen MR) is 141 cm³/mol. The van der Waals surface area contributed by atoms with Crippen LogP contribution < -0.4 is 10.1 Å². The number of nitrogens with one attached hydrogen (secondary N) is 1. The molecule has 2 amide bonds. The molecule has 0 aliphatic carbocycles. The average Bonchev–Trinajstić information content (AvgIpc) is 3.31. The van der Waals surface area contributed by atoms with E-state index in [1.807, 2.05) is 6.07 Å². The van der Waals surface area contributed by atoms with Crippen molar-refractivity contribution >= 4 is 46.7 Å². The van der Waals surface area contributed by atoms with E-state index in [1.54, 1.807) is 42.4 Å². The number of halogens is 1. The Morgan fingerprint density at radius 2 is 2.08 bits per heavy atom. The van der Waals surface area contributed by atoms with Crippen LogP contribution in [0, 0.1) is 0 Å². The molecule has 4 heterocycles. The molecule has 3 aromatic rings. The number of piperidine rings is 1. The normalized spacial score (nSPS) is 18.5. The van der Waals surface area contributed by atoms with Gasteiger partial charge in [0, 0.05) is 49.5 Å². The number of phosphoric ester groups is 1. The molecule has 1 spiro atoms. The lowest BCUT2D eigenvalue weighted by Crippen LogP contribution is -2.53. The molecule has 1 fully saturated rings. The van der Waals surface area contributed by atoms with E-state index in [-0.39, 0.29) is 12.0 Å². The lowest BCUT2D eigenvalue weighted by Gasteiger charge is -2.46. The fraction of sp³-hybridized carbons (Fsp3) is 0.417. The number of carbonyl (C=O) groups excluding carboxylic acids is 2. The number of phosphoric acid groups is 1.